The van der Waals surface area contributed by atoms with Crippen LogP contribution in [0.3, 0.4) is 0 Å². The maximum atomic E-state index is 11.8. The number of amides is 1. The van der Waals surface area contributed by atoms with Crippen molar-refractivity contribution in [2.75, 3.05) is 5.32 Å². The average Bonchev–Trinajstić information content (AvgIpc) is 2.87. The van der Waals surface area contributed by atoms with Crippen molar-refractivity contribution in [3.63, 3.8) is 0 Å². The lowest BCUT2D eigenvalue weighted by molar-refractivity contribution is -0.115. The number of para-hydroxylation sites is 1. The van der Waals surface area contributed by atoms with E-state index in [1.165, 1.54) is 0 Å². The lowest BCUT2D eigenvalue weighted by Gasteiger charge is -2.14. The first kappa shape index (κ1) is 16.9. The summed E-state index contributed by atoms with van der Waals surface area (Å²) >= 11 is 13.7. The van der Waals surface area contributed by atoms with Crippen LogP contribution in [0.5, 0.6) is 0 Å². The molecule has 7 heteroatoms. The summed E-state index contributed by atoms with van der Waals surface area (Å²) in [6.45, 7) is 1.91. The highest BCUT2D eigenvalue weighted by Crippen LogP contribution is 2.36. The van der Waals surface area contributed by atoms with Crippen molar-refractivity contribution in [3.8, 4) is 0 Å². The maximum Gasteiger partial charge on any atom is 0.264 e. The van der Waals surface area contributed by atoms with Gasteiger partial charge in [-0.05, 0) is 48.0 Å². The number of rotatable bonds is 3. The molecule has 0 unspecified atom stereocenters. The molecule has 2 aromatic rings. The Morgan fingerprint density at radius 3 is 2.67 bits per heavy atom. The highest BCUT2D eigenvalue weighted by molar-refractivity contribution is 8.18. The standard InChI is InChI=1S/C17H13Cl2N3OS/c1-9-6-7-11(18)15(14(9)19)21-12-5-3-2-4-10(12)8-13-16(23)22-17(20)24-13/h2-8,21H,1H3,(H2,20,22,23). The van der Waals surface area contributed by atoms with E-state index in [9.17, 15) is 4.79 Å². The van der Waals surface area contributed by atoms with Crippen molar-refractivity contribution < 1.29 is 4.79 Å². The van der Waals surface area contributed by atoms with Crippen LogP contribution < -0.4 is 10.6 Å². The molecule has 0 spiro atoms. The molecule has 1 heterocycles. The topological polar surface area (TPSA) is 65.0 Å². The van der Waals surface area contributed by atoms with Gasteiger partial charge in [0.1, 0.15) is 0 Å². The van der Waals surface area contributed by atoms with Crippen LogP contribution in [0, 0.1) is 12.3 Å². The number of benzene rings is 2. The zero-order chi connectivity index (χ0) is 17.3. The van der Waals surface area contributed by atoms with Crippen LogP contribution >= 0.6 is 35.0 Å². The first-order valence-corrected chi connectivity index (χ1v) is 8.63. The zero-order valence-electron chi connectivity index (χ0n) is 12.6. The largest absolute Gasteiger partial charge is 0.353 e. The summed E-state index contributed by atoms with van der Waals surface area (Å²) in [5.74, 6) is -0.272. The van der Waals surface area contributed by atoms with E-state index in [4.69, 9.17) is 28.6 Å². The predicted molar refractivity (Wildman–Crippen MR) is 102 cm³/mol. The van der Waals surface area contributed by atoms with Gasteiger partial charge in [-0.25, -0.2) is 0 Å². The lowest BCUT2D eigenvalue weighted by Crippen LogP contribution is -2.18. The summed E-state index contributed by atoms with van der Waals surface area (Å²) in [4.78, 5) is 12.3. The summed E-state index contributed by atoms with van der Waals surface area (Å²) < 4.78 is 0. The SMILES string of the molecule is Cc1ccc(Cl)c(Nc2ccccc2C=C2SC(=N)NC2=O)c1Cl. The van der Waals surface area contributed by atoms with Crippen LogP contribution in [-0.2, 0) is 4.79 Å². The maximum absolute atomic E-state index is 11.8. The molecule has 0 atom stereocenters. The quantitative estimate of drug-likeness (QED) is 0.645. The van der Waals surface area contributed by atoms with Gasteiger partial charge in [-0.1, -0.05) is 47.5 Å². The molecule has 0 bridgehead atoms. The van der Waals surface area contributed by atoms with E-state index >= 15 is 0 Å². The summed E-state index contributed by atoms with van der Waals surface area (Å²) in [7, 11) is 0. The fraction of sp³-hybridized carbons (Fsp3) is 0.0588. The van der Waals surface area contributed by atoms with Crippen LogP contribution in [-0.4, -0.2) is 11.1 Å². The Morgan fingerprint density at radius 1 is 1.21 bits per heavy atom. The Morgan fingerprint density at radius 2 is 1.96 bits per heavy atom. The monoisotopic (exact) mass is 377 g/mol. The van der Waals surface area contributed by atoms with Crippen molar-refractivity contribution in [1.29, 1.82) is 5.41 Å². The Balaban J connectivity index is 2.00. The average molecular weight is 378 g/mol. The third-order valence-corrected chi connectivity index (χ3v) is 5.09. The summed E-state index contributed by atoms with van der Waals surface area (Å²) in [5.41, 5.74) is 3.11. The number of anilines is 2. The number of hydrogen-bond acceptors (Lipinski definition) is 4. The molecule has 1 fully saturated rings. The van der Waals surface area contributed by atoms with Crippen molar-refractivity contribution >= 4 is 63.5 Å². The third-order valence-electron chi connectivity index (χ3n) is 3.45. The van der Waals surface area contributed by atoms with Gasteiger partial charge in [-0.3, -0.25) is 10.2 Å². The Labute approximate surface area is 153 Å². The van der Waals surface area contributed by atoms with Gasteiger partial charge in [-0.15, -0.1) is 0 Å². The van der Waals surface area contributed by atoms with Crippen molar-refractivity contribution in [3.05, 3.63) is 62.5 Å². The zero-order valence-corrected chi connectivity index (χ0v) is 14.9. The van der Waals surface area contributed by atoms with Crippen LogP contribution in [0.1, 0.15) is 11.1 Å². The number of carbonyl (C=O) groups is 1. The van der Waals surface area contributed by atoms with E-state index in [1.54, 1.807) is 12.1 Å². The lowest BCUT2D eigenvalue weighted by atomic mass is 10.1. The summed E-state index contributed by atoms with van der Waals surface area (Å²) in [6.07, 6.45) is 1.74. The number of halogens is 2. The first-order valence-electron chi connectivity index (χ1n) is 7.06. The Hall–Kier alpha value is -1.95. The van der Waals surface area contributed by atoms with Crippen LogP contribution in [0.15, 0.2) is 41.3 Å². The Bertz CT molecular complexity index is 880. The second-order valence-electron chi connectivity index (χ2n) is 5.16. The fourth-order valence-corrected chi connectivity index (χ4v) is 3.38. The molecule has 2 aromatic carbocycles. The molecule has 1 saturated heterocycles. The number of carbonyl (C=O) groups excluding carboxylic acids is 1. The second-order valence-corrected chi connectivity index (χ2v) is 7.00. The van der Waals surface area contributed by atoms with E-state index < -0.39 is 0 Å². The summed E-state index contributed by atoms with van der Waals surface area (Å²) in [6, 6.07) is 11.2. The molecule has 0 aromatic heterocycles. The predicted octanol–water partition coefficient (Wildman–Crippen LogP) is 5.18. The molecule has 24 heavy (non-hydrogen) atoms. The van der Waals surface area contributed by atoms with Crippen molar-refractivity contribution in [2.24, 2.45) is 0 Å². The van der Waals surface area contributed by atoms with Gasteiger partial charge >= 0.3 is 0 Å². The van der Waals surface area contributed by atoms with E-state index in [-0.39, 0.29) is 11.1 Å². The van der Waals surface area contributed by atoms with Gasteiger partial charge in [0.2, 0.25) is 0 Å². The number of thioether (sulfide) groups is 1. The summed E-state index contributed by atoms with van der Waals surface area (Å²) in [5, 5.41) is 14.4. The van der Waals surface area contributed by atoms with Crippen LogP contribution in [0.4, 0.5) is 11.4 Å². The van der Waals surface area contributed by atoms with E-state index in [0.717, 1.165) is 28.6 Å². The molecule has 1 amide bonds. The van der Waals surface area contributed by atoms with E-state index in [1.807, 2.05) is 37.3 Å². The number of amidine groups is 1. The molecule has 122 valence electrons. The van der Waals surface area contributed by atoms with Crippen LogP contribution in [0.2, 0.25) is 10.0 Å². The molecule has 0 saturated carbocycles. The molecule has 0 radical (unpaired) electrons. The number of hydrogen-bond donors (Lipinski definition) is 3. The van der Waals surface area contributed by atoms with E-state index in [2.05, 4.69) is 10.6 Å². The molecule has 1 aliphatic heterocycles. The second kappa shape index (κ2) is 6.89. The highest BCUT2D eigenvalue weighted by Gasteiger charge is 2.22. The first-order chi connectivity index (χ1) is 11.5. The van der Waals surface area contributed by atoms with Gasteiger partial charge in [0.25, 0.3) is 5.91 Å². The minimum atomic E-state index is -0.272. The molecule has 4 nitrogen and oxygen atoms in total. The third kappa shape index (κ3) is 3.43. The van der Waals surface area contributed by atoms with Gasteiger partial charge in [0.05, 0.1) is 20.6 Å². The molecular weight excluding hydrogens is 365 g/mol. The van der Waals surface area contributed by atoms with Gasteiger partial charge in [0.15, 0.2) is 5.17 Å². The van der Waals surface area contributed by atoms with Crippen molar-refractivity contribution in [2.45, 2.75) is 6.92 Å². The Kier molecular flexibility index (Phi) is 4.85. The number of nitrogens with one attached hydrogen (secondary N) is 3. The molecule has 3 rings (SSSR count). The molecule has 1 aliphatic rings. The smallest absolute Gasteiger partial charge is 0.264 e. The van der Waals surface area contributed by atoms with Crippen molar-refractivity contribution in [1.82, 2.24) is 5.32 Å². The minimum Gasteiger partial charge on any atom is -0.353 e. The van der Waals surface area contributed by atoms with Gasteiger partial charge in [0, 0.05) is 5.69 Å². The fourth-order valence-electron chi connectivity index (χ4n) is 2.23. The molecule has 3 N–H and O–H groups in total. The minimum absolute atomic E-state index is 0.126. The van der Waals surface area contributed by atoms with Gasteiger partial charge < -0.3 is 10.6 Å². The molecular formula is C17H13Cl2N3OS. The normalized spacial score (nSPS) is 15.7. The van der Waals surface area contributed by atoms with Gasteiger partial charge in [-0.2, -0.15) is 0 Å². The molecule has 0 aliphatic carbocycles. The highest BCUT2D eigenvalue weighted by atomic mass is 35.5. The van der Waals surface area contributed by atoms with Crippen LogP contribution in [0.25, 0.3) is 6.08 Å². The number of aryl methyl sites for hydroxylation is 1. The van der Waals surface area contributed by atoms with E-state index in [0.29, 0.717) is 20.6 Å².